The van der Waals surface area contributed by atoms with Gasteiger partial charge in [0.05, 0.1) is 5.56 Å². The van der Waals surface area contributed by atoms with E-state index in [4.69, 9.17) is 5.73 Å². The number of benzene rings is 2. The summed E-state index contributed by atoms with van der Waals surface area (Å²) in [6.45, 7) is 0. The van der Waals surface area contributed by atoms with Gasteiger partial charge < -0.3 is 11.1 Å². The number of anilines is 1. The summed E-state index contributed by atoms with van der Waals surface area (Å²) in [5.74, 6) is -1.48. The van der Waals surface area contributed by atoms with E-state index < -0.39 is 17.6 Å². The molecular weight excluding hydrogens is 327 g/mol. The molecule has 0 aliphatic heterocycles. The zero-order valence-electron chi connectivity index (χ0n) is 12.5. The molecule has 0 aliphatic rings. The van der Waals surface area contributed by atoms with E-state index in [0.717, 1.165) is 10.4 Å². The second-order valence-corrected chi connectivity index (χ2v) is 6.10. The Hall–Kier alpha value is -2.99. The van der Waals surface area contributed by atoms with Gasteiger partial charge in [-0.15, -0.1) is 11.3 Å². The first-order valence-corrected chi connectivity index (χ1v) is 7.92. The predicted octanol–water partition coefficient (Wildman–Crippen LogP) is 3.91. The lowest BCUT2D eigenvalue weighted by atomic mass is 10.1. The lowest BCUT2D eigenvalue weighted by Crippen LogP contribution is -2.16. The van der Waals surface area contributed by atoms with Crippen LogP contribution in [0.5, 0.6) is 0 Å². The SMILES string of the molecule is NC(=O)c1cc(-c2ccccc2)sc1NC(=O)c1ccc(F)cc1. The Bertz CT molecular complexity index is 889. The van der Waals surface area contributed by atoms with Crippen molar-refractivity contribution in [2.75, 3.05) is 5.32 Å². The Morgan fingerprint density at radius 3 is 2.29 bits per heavy atom. The number of carbonyl (C=O) groups is 2. The van der Waals surface area contributed by atoms with E-state index in [-0.39, 0.29) is 5.56 Å². The van der Waals surface area contributed by atoms with Gasteiger partial charge in [0, 0.05) is 10.4 Å². The van der Waals surface area contributed by atoms with E-state index in [0.29, 0.717) is 10.6 Å². The molecule has 1 heterocycles. The van der Waals surface area contributed by atoms with Crippen LogP contribution in [0, 0.1) is 5.82 Å². The Labute approximate surface area is 141 Å². The summed E-state index contributed by atoms with van der Waals surface area (Å²) in [6.07, 6.45) is 0. The largest absolute Gasteiger partial charge is 0.366 e. The second kappa shape index (κ2) is 6.64. The molecule has 0 fully saturated rings. The van der Waals surface area contributed by atoms with Gasteiger partial charge >= 0.3 is 0 Å². The molecule has 120 valence electrons. The Morgan fingerprint density at radius 1 is 1.00 bits per heavy atom. The highest BCUT2D eigenvalue weighted by atomic mass is 32.1. The van der Waals surface area contributed by atoms with Crippen molar-refractivity contribution >= 4 is 28.2 Å². The van der Waals surface area contributed by atoms with Gasteiger partial charge in [0.25, 0.3) is 11.8 Å². The molecule has 0 unspecified atom stereocenters. The third-order valence-electron chi connectivity index (χ3n) is 3.39. The first-order chi connectivity index (χ1) is 11.5. The summed E-state index contributed by atoms with van der Waals surface area (Å²) < 4.78 is 12.9. The highest BCUT2D eigenvalue weighted by Crippen LogP contribution is 2.35. The highest BCUT2D eigenvalue weighted by molar-refractivity contribution is 7.20. The van der Waals surface area contributed by atoms with Crippen LogP contribution >= 0.6 is 11.3 Å². The van der Waals surface area contributed by atoms with Crippen LogP contribution in [0.3, 0.4) is 0 Å². The normalized spacial score (nSPS) is 10.4. The third kappa shape index (κ3) is 3.33. The molecule has 0 saturated carbocycles. The van der Waals surface area contributed by atoms with Crippen molar-refractivity contribution in [3.63, 3.8) is 0 Å². The molecule has 0 atom stereocenters. The minimum atomic E-state index is -0.622. The maximum atomic E-state index is 12.9. The lowest BCUT2D eigenvalue weighted by Gasteiger charge is -2.04. The van der Waals surface area contributed by atoms with E-state index in [1.165, 1.54) is 35.6 Å². The Balaban J connectivity index is 1.92. The van der Waals surface area contributed by atoms with Crippen molar-refractivity contribution in [1.29, 1.82) is 0 Å². The fourth-order valence-electron chi connectivity index (χ4n) is 2.19. The molecule has 3 rings (SSSR count). The zero-order valence-corrected chi connectivity index (χ0v) is 13.3. The van der Waals surface area contributed by atoms with Gasteiger partial charge in [0.1, 0.15) is 10.8 Å². The Kier molecular flexibility index (Phi) is 4.39. The van der Waals surface area contributed by atoms with Crippen LogP contribution in [0.1, 0.15) is 20.7 Å². The molecule has 6 heteroatoms. The van der Waals surface area contributed by atoms with Gasteiger partial charge in [0.2, 0.25) is 0 Å². The molecule has 0 saturated heterocycles. The summed E-state index contributed by atoms with van der Waals surface area (Å²) in [5.41, 5.74) is 6.87. The number of nitrogens with two attached hydrogens (primary N) is 1. The van der Waals surface area contributed by atoms with Crippen LogP contribution in [-0.2, 0) is 0 Å². The van der Waals surface area contributed by atoms with Crippen molar-refractivity contribution < 1.29 is 14.0 Å². The van der Waals surface area contributed by atoms with Crippen molar-refractivity contribution in [3.05, 3.63) is 77.6 Å². The summed E-state index contributed by atoms with van der Waals surface area (Å²) in [6, 6.07) is 16.3. The number of nitrogens with one attached hydrogen (secondary N) is 1. The molecule has 24 heavy (non-hydrogen) atoms. The second-order valence-electron chi connectivity index (χ2n) is 5.04. The topological polar surface area (TPSA) is 72.2 Å². The van der Waals surface area contributed by atoms with Crippen LogP contribution in [0.25, 0.3) is 10.4 Å². The fourth-order valence-corrected chi connectivity index (χ4v) is 3.25. The molecule has 0 spiro atoms. The summed E-state index contributed by atoms with van der Waals surface area (Å²) >= 11 is 1.26. The monoisotopic (exact) mass is 340 g/mol. The summed E-state index contributed by atoms with van der Waals surface area (Å²) in [5, 5.41) is 3.05. The van der Waals surface area contributed by atoms with E-state index in [1.807, 2.05) is 30.3 Å². The summed E-state index contributed by atoms with van der Waals surface area (Å²) in [4.78, 5) is 24.7. The number of rotatable bonds is 4. The third-order valence-corrected chi connectivity index (χ3v) is 4.49. The van der Waals surface area contributed by atoms with E-state index in [2.05, 4.69) is 5.32 Å². The summed E-state index contributed by atoms with van der Waals surface area (Å²) in [7, 11) is 0. The minimum Gasteiger partial charge on any atom is -0.366 e. The lowest BCUT2D eigenvalue weighted by molar-refractivity contribution is 0.100. The number of hydrogen-bond acceptors (Lipinski definition) is 3. The zero-order chi connectivity index (χ0) is 17.1. The van der Waals surface area contributed by atoms with Crippen LogP contribution in [0.15, 0.2) is 60.7 Å². The molecule has 2 amide bonds. The molecule has 1 aromatic heterocycles. The fraction of sp³-hybridized carbons (Fsp3) is 0. The van der Waals surface area contributed by atoms with Crippen molar-refractivity contribution in [1.82, 2.24) is 0 Å². The van der Waals surface area contributed by atoms with Crippen LogP contribution in [-0.4, -0.2) is 11.8 Å². The number of halogens is 1. The van der Waals surface area contributed by atoms with Gasteiger partial charge in [-0.2, -0.15) is 0 Å². The van der Waals surface area contributed by atoms with Crippen LogP contribution < -0.4 is 11.1 Å². The standard InChI is InChI=1S/C18H13FN2O2S/c19-13-8-6-12(7-9-13)17(23)21-18-14(16(20)22)10-15(24-18)11-4-2-1-3-5-11/h1-10H,(H2,20,22)(H,21,23). The highest BCUT2D eigenvalue weighted by Gasteiger charge is 2.17. The van der Waals surface area contributed by atoms with Gasteiger partial charge in [-0.05, 0) is 35.9 Å². The molecule has 4 nitrogen and oxygen atoms in total. The van der Waals surface area contributed by atoms with Gasteiger partial charge in [-0.25, -0.2) is 4.39 Å². The van der Waals surface area contributed by atoms with E-state index in [1.54, 1.807) is 6.07 Å². The number of hydrogen-bond donors (Lipinski definition) is 2. The molecular formula is C18H13FN2O2S. The molecule has 3 N–H and O–H groups in total. The maximum Gasteiger partial charge on any atom is 0.256 e. The van der Waals surface area contributed by atoms with E-state index in [9.17, 15) is 14.0 Å². The molecule has 2 aromatic carbocycles. The van der Waals surface area contributed by atoms with Crippen LogP contribution in [0.2, 0.25) is 0 Å². The van der Waals surface area contributed by atoms with Crippen molar-refractivity contribution in [3.8, 4) is 10.4 Å². The van der Waals surface area contributed by atoms with Crippen LogP contribution in [0.4, 0.5) is 9.39 Å². The quantitative estimate of drug-likeness (QED) is 0.756. The van der Waals surface area contributed by atoms with Gasteiger partial charge in [0.15, 0.2) is 0 Å². The minimum absolute atomic E-state index is 0.245. The van der Waals surface area contributed by atoms with Gasteiger partial charge in [-0.1, -0.05) is 30.3 Å². The number of amides is 2. The molecule has 3 aromatic rings. The average Bonchev–Trinajstić information content (AvgIpc) is 3.00. The molecule has 0 radical (unpaired) electrons. The van der Waals surface area contributed by atoms with Crippen molar-refractivity contribution in [2.24, 2.45) is 5.73 Å². The maximum absolute atomic E-state index is 12.9. The number of thiophene rings is 1. The first kappa shape index (κ1) is 15.9. The smallest absolute Gasteiger partial charge is 0.256 e. The molecule has 0 aliphatic carbocycles. The number of carbonyl (C=O) groups excluding carboxylic acids is 2. The Morgan fingerprint density at radius 2 is 1.67 bits per heavy atom. The average molecular weight is 340 g/mol. The predicted molar refractivity (Wildman–Crippen MR) is 92.6 cm³/mol. The van der Waals surface area contributed by atoms with Gasteiger partial charge in [-0.3, -0.25) is 9.59 Å². The molecule has 0 bridgehead atoms. The first-order valence-electron chi connectivity index (χ1n) is 7.10. The number of primary amides is 1. The van der Waals surface area contributed by atoms with E-state index >= 15 is 0 Å². The van der Waals surface area contributed by atoms with Crippen molar-refractivity contribution in [2.45, 2.75) is 0 Å².